The second kappa shape index (κ2) is 5.85. The van der Waals surface area contributed by atoms with Crippen LogP contribution < -0.4 is 5.01 Å². The number of rotatable bonds is 2. The molecule has 0 atom stereocenters. The van der Waals surface area contributed by atoms with E-state index in [0.717, 1.165) is 11.3 Å². The number of likely N-dealkylation sites (N-methyl/N-ethyl adjacent to an activating group) is 1. The Hall–Kier alpha value is -2.88. The van der Waals surface area contributed by atoms with E-state index in [-0.39, 0.29) is 5.91 Å². The maximum Gasteiger partial charge on any atom is 0.296 e. The number of nitrogens with zero attached hydrogens (tertiary/aromatic N) is 3. The first-order chi connectivity index (χ1) is 10.7. The summed E-state index contributed by atoms with van der Waals surface area (Å²) in [4.78, 5) is 16.4. The number of amides is 1. The lowest BCUT2D eigenvalue weighted by atomic mass is 10.2. The Kier molecular flexibility index (Phi) is 3.74. The summed E-state index contributed by atoms with van der Waals surface area (Å²) in [6.07, 6.45) is 1.86. The van der Waals surface area contributed by atoms with Gasteiger partial charge in [0.15, 0.2) is 0 Å². The maximum atomic E-state index is 12.3. The van der Waals surface area contributed by atoms with Crippen LogP contribution in [0.2, 0.25) is 0 Å². The van der Waals surface area contributed by atoms with Crippen molar-refractivity contribution in [1.29, 1.82) is 0 Å². The topological polar surface area (TPSA) is 35.9 Å². The number of carbonyl (C=O) groups is 1. The molecule has 0 unspecified atom stereocenters. The van der Waals surface area contributed by atoms with Gasteiger partial charge in [-0.05, 0) is 30.7 Å². The summed E-state index contributed by atoms with van der Waals surface area (Å²) in [5.74, 6) is 0.431. The average molecular weight is 291 g/mol. The largest absolute Gasteiger partial charge is 0.296 e. The van der Waals surface area contributed by atoms with Crippen LogP contribution in [0.15, 0.2) is 71.4 Å². The maximum absolute atomic E-state index is 12.3. The number of hydrazine groups is 1. The van der Waals surface area contributed by atoms with Gasteiger partial charge < -0.3 is 0 Å². The first-order valence-corrected chi connectivity index (χ1v) is 7.12. The highest BCUT2D eigenvalue weighted by Crippen LogP contribution is 2.24. The van der Waals surface area contributed by atoms with Crippen molar-refractivity contribution in [3.05, 3.63) is 71.9 Å². The number of carbonyl (C=O) groups excluding carboxylic acids is 1. The van der Waals surface area contributed by atoms with Crippen LogP contribution >= 0.6 is 0 Å². The molecule has 0 saturated carbocycles. The number of para-hydroxylation sites is 1. The van der Waals surface area contributed by atoms with Crippen molar-refractivity contribution >= 4 is 23.5 Å². The van der Waals surface area contributed by atoms with Gasteiger partial charge in [-0.25, -0.2) is 5.01 Å². The van der Waals surface area contributed by atoms with Gasteiger partial charge in [0.05, 0.1) is 5.69 Å². The number of benzene rings is 2. The normalized spacial score (nSPS) is 16.9. The fourth-order valence-electron chi connectivity index (χ4n) is 2.51. The van der Waals surface area contributed by atoms with Gasteiger partial charge in [-0.2, -0.15) is 4.99 Å². The van der Waals surface area contributed by atoms with Crippen LogP contribution in [-0.2, 0) is 4.79 Å². The van der Waals surface area contributed by atoms with Crippen molar-refractivity contribution in [2.75, 3.05) is 12.1 Å². The van der Waals surface area contributed by atoms with E-state index in [1.165, 1.54) is 0 Å². The van der Waals surface area contributed by atoms with Crippen molar-refractivity contribution in [2.24, 2.45) is 4.99 Å². The molecule has 0 N–H and O–H groups in total. The second-order valence-corrected chi connectivity index (χ2v) is 5.08. The highest BCUT2D eigenvalue weighted by Gasteiger charge is 2.27. The molecule has 0 spiro atoms. The molecule has 2 aromatic carbocycles. The van der Waals surface area contributed by atoms with E-state index in [4.69, 9.17) is 0 Å². The van der Waals surface area contributed by atoms with E-state index in [2.05, 4.69) is 4.99 Å². The molecule has 1 aliphatic rings. The third-order valence-electron chi connectivity index (χ3n) is 3.54. The lowest BCUT2D eigenvalue weighted by Gasteiger charge is -2.38. The third-order valence-corrected chi connectivity index (χ3v) is 3.54. The average Bonchev–Trinajstić information content (AvgIpc) is 2.53. The second-order valence-electron chi connectivity index (χ2n) is 5.08. The smallest absolute Gasteiger partial charge is 0.277 e. The van der Waals surface area contributed by atoms with Gasteiger partial charge in [-0.1, -0.05) is 48.5 Å². The number of hydrogen-bond acceptors (Lipinski definition) is 3. The summed E-state index contributed by atoms with van der Waals surface area (Å²) in [5.41, 5.74) is 2.49. The Morgan fingerprint density at radius 1 is 0.955 bits per heavy atom. The zero-order chi connectivity index (χ0) is 15.5. The van der Waals surface area contributed by atoms with Gasteiger partial charge in [0.25, 0.3) is 5.91 Å². The summed E-state index contributed by atoms with van der Waals surface area (Å²) in [6, 6.07) is 19.7. The molecule has 4 heteroatoms. The van der Waals surface area contributed by atoms with Crippen LogP contribution in [0.25, 0.3) is 6.08 Å². The first-order valence-electron chi connectivity index (χ1n) is 7.12. The first kappa shape index (κ1) is 14.1. The lowest BCUT2D eigenvalue weighted by Crippen LogP contribution is -2.48. The standard InChI is InChI=1S/C18H17N3O/c1-14-19-18(22)17(13-15-9-5-3-6-10-15)20(2)21(14)16-11-7-4-8-12-16/h3-13H,1-2H3/b17-13+. The van der Waals surface area contributed by atoms with Crippen LogP contribution in [0.1, 0.15) is 12.5 Å². The molecule has 110 valence electrons. The van der Waals surface area contributed by atoms with E-state index in [0.29, 0.717) is 11.5 Å². The fourth-order valence-corrected chi connectivity index (χ4v) is 2.51. The molecule has 3 rings (SSSR count). The number of anilines is 1. The Morgan fingerprint density at radius 3 is 2.18 bits per heavy atom. The summed E-state index contributed by atoms with van der Waals surface area (Å²) in [7, 11) is 1.87. The Bertz CT molecular complexity index is 735. The number of hydrogen-bond donors (Lipinski definition) is 0. The van der Waals surface area contributed by atoms with Crippen LogP contribution in [0.5, 0.6) is 0 Å². The summed E-state index contributed by atoms with van der Waals surface area (Å²) >= 11 is 0. The molecule has 0 saturated heterocycles. The van der Waals surface area contributed by atoms with Crippen LogP contribution in [0, 0.1) is 0 Å². The van der Waals surface area contributed by atoms with Crippen molar-refractivity contribution in [3.63, 3.8) is 0 Å². The number of aliphatic imine (C=N–C) groups is 1. The van der Waals surface area contributed by atoms with Crippen molar-refractivity contribution in [1.82, 2.24) is 5.01 Å². The highest BCUT2D eigenvalue weighted by molar-refractivity contribution is 6.12. The minimum Gasteiger partial charge on any atom is -0.277 e. The molecule has 1 aliphatic heterocycles. The third kappa shape index (κ3) is 2.63. The van der Waals surface area contributed by atoms with Gasteiger partial charge in [0, 0.05) is 7.05 Å². The molecule has 1 heterocycles. The van der Waals surface area contributed by atoms with E-state index in [1.807, 2.05) is 90.7 Å². The minimum atomic E-state index is -0.226. The molecule has 0 bridgehead atoms. The Labute approximate surface area is 130 Å². The Morgan fingerprint density at radius 2 is 1.55 bits per heavy atom. The number of amidine groups is 1. The van der Waals surface area contributed by atoms with Gasteiger partial charge in [0.2, 0.25) is 0 Å². The van der Waals surface area contributed by atoms with Gasteiger partial charge in [-0.15, -0.1) is 0 Å². The molecule has 0 radical (unpaired) electrons. The predicted molar refractivity (Wildman–Crippen MR) is 89.2 cm³/mol. The quantitative estimate of drug-likeness (QED) is 0.796. The van der Waals surface area contributed by atoms with Crippen LogP contribution in [-0.4, -0.2) is 23.8 Å². The molecule has 0 fully saturated rings. The van der Waals surface area contributed by atoms with Crippen LogP contribution in [0.4, 0.5) is 5.69 Å². The fraction of sp³-hybridized carbons (Fsp3) is 0.111. The molecule has 22 heavy (non-hydrogen) atoms. The van der Waals surface area contributed by atoms with Crippen molar-refractivity contribution in [3.8, 4) is 0 Å². The van der Waals surface area contributed by atoms with E-state index < -0.39 is 0 Å². The Balaban J connectivity index is 2.03. The van der Waals surface area contributed by atoms with Gasteiger partial charge >= 0.3 is 0 Å². The summed E-state index contributed by atoms with van der Waals surface area (Å²) < 4.78 is 0. The van der Waals surface area contributed by atoms with Crippen LogP contribution in [0.3, 0.4) is 0 Å². The van der Waals surface area contributed by atoms with E-state index >= 15 is 0 Å². The van der Waals surface area contributed by atoms with Gasteiger partial charge in [-0.3, -0.25) is 9.80 Å². The zero-order valence-electron chi connectivity index (χ0n) is 12.6. The molecule has 4 nitrogen and oxygen atoms in total. The molecule has 1 amide bonds. The highest BCUT2D eigenvalue weighted by atomic mass is 16.2. The minimum absolute atomic E-state index is 0.226. The molecular formula is C18H17N3O. The lowest BCUT2D eigenvalue weighted by molar-refractivity contribution is -0.116. The SMILES string of the molecule is CC1=NC(=O)/C(=C\c2ccccc2)N(C)N1c1ccccc1. The van der Waals surface area contributed by atoms with Crippen molar-refractivity contribution < 1.29 is 4.79 Å². The zero-order valence-corrected chi connectivity index (χ0v) is 12.6. The molecular weight excluding hydrogens is 274 g/mol. The summed E-state index contributed by atoms with van der Waals surface area (Å²) in [5, 5.41) is 3.77. The molecule has 0 aliphatic carbocycles. The van der Waals surface area contributed by atoms with Gasteiger partial charge in [0.1, 0.15) is 11.5 Å². The summed E-state index contributed by atoms with van der Waals surface area (Å²) in [6.45, 7) is 1.83. The monoisotopic (exact) mass is 291 g/mol. The molecule has 0 aromatic heterocycles. The predicted octanol–water partition coefficient (Wildman–Crippen LogP) is 3.34. The van der Waals surface area contributed by atoms with E-state index in [1.54, 1.807) is 0 Å². The molecule has 2 aromatic rings. The van der Waals surface area contributed by atoms with Crippen molar-refractivity contribution in [2.45, 2.75) is 6.92 Å². The van der Waals surface area contributed by atoms with E-state index in [9.17, 15) is 4.79 Å².